The molecule has 0 spiro atoms. The molecule has 0 atom stereocenters. The first kappa shape index (κ1) is 11.6. The summed E-state index contributed by atoms with van der Waals surface area (Å²) in [4.78, 5) is 8.95. The molecule has 4 heteroatoms. The number of para-hydroxylation sites is 2. The second-order valence-corrected chi connectivity index (χ2v) is 5.25. The average molecular weight is 282 g/mol. The first-order chi connectivity index (χ1) is 9.81. The minimum absolute atomic E-state index is 0.755. The Morgan fingerprint density at radius 3 is 2.65 bits per heavy atom. The van der Waals surface area contributed by atoms with E-state index in [1.807, 2.05) is 48.7 Å². The van der Waals surface area contributed by atoms with Gasteiger partial charge in [-0.25, -0.2) is 0 Å². The van der Waals surface area contributed by atoms with Crippen LogP contribution < -0.4 is 9.80 Å². The van der Waals surface area contributed by atoms with Crippen LogP contribution in [0.25, 0.3) is 0 Å². The maximum atomic E-state index is 5.94. The summed E-state index contributed by atoms with van der Waals surface area (Å²) in [5.41, 5.74) is 4.40. The van der Waals surface area contributed by atoms with Gasteiger partial charge in [-0.2, -0.15) is 0 Å². The maximum absolute atomic E-state index is 5.94. The van der Waals surface area contributed by atoms with Crippen molar-refractivity contribution < 1.29 is 0 Å². The van der Waals surface area contributed by atoms with Crippen LogP contribution in [0.2, 0.25) is 5.02 Å². The van der Waals surface area contributed by atoms with Gasteiger partial charge in [0.2, 0.25) is 0 Å². The highest BCUT2D eigenvalue weighted by molar-refractivity contribution is 6.30. The summed E-state index contributed by atoms with van der Waals surface area (Å²) in [6.45, 7) is 0.792. The lowest BCUT2D eigenvalue weighted by Crippen LogP contribution is -2.28. The number of hydrogen-bond donors (Lipinski definition) is 0. The van der Waals surface area contributed by atoms with E-state index in [9.17, 15) is 0 Å². The molecule has 0 radical (unpaired) electrons. The van der Waals surface area contributed by atoms with Crippen molar-refractivity contribution in [2.24, 2.45) is 4.99 Å². The highest BCUT2D eigenvalue weighted by Crippen LogP contribution is 2.37. The standard InChI is InChI=1S/C16H12ClN3/c17-12-5-7-13(8-6-12)19-10-14-9-18-15-3-1-2-4-16(15)20(14)11-19/h1-10H,11H2. The van der Waals surface area contributed by atoms with Crippen LogP contribution in [0.5, 0.6) is 0 Å². The third kappa shape index (κ3) is 1.79. The number of benzene rings is 2. The molecule has 0 amide bonds. The minimum atomic E-state index is 0.755. The first-order valence-electron chi connectivity index (χ1n) is 6.46. The zero-order valence-electron chi connectivity index (χ0n) is 10.7. The lowest BCUT2D eigenvalue weighted by Gasteiger charge is -2.26. The molecule has 0 aromatic heterocycles. The lowest BCUT2D eigenvalue weighted by molar-refractivity contribution is 0.963. The number of aliphatic imine (C=N–C) groups is 1. The van der Waals surface area contributed by atoms with E-state index in [0.29, 0.717) is 0 Å². The molecule has 4 rings (SSSR count). The predicted octanol–water partition coefficient (Wildman–Crippen LogP) is 4.18. The molecule has 20 heavy (non-hydrogen) atoms. The van der Waals surface area contributed by atoms with Crippen LogP contribution in [0.4, 0.5) is 17.1 Å². The normalized spacial score (nSPS) is 15.9. The molecular weight excluding hydrogens is 270 g/mol. The van der Waals surface area contributed by atoms with E-state index in [1.165, 1.54) is 0 Å². The summed E-state index contributed by atoms with van der Waals surface area (Å²) in [7, 11) is 0. The first-order valence-corrected chi connectivity index (χ1v) is 6.84. The number of allylic oxidation sites excluding steroid dienone is 1. The third-order valence-electron chi connectivity index (χ3n) is 3.56. The molecule has 98 valence electrons. The van der Waals surface area contributed by atoms with Crippen LogP contribution in [0.1, 0.15) is 0 Å². The van der Waals surface area contributed by atoms with Gasteiger partial charge >= 0.3 is 0 Å². The molecule has 0 aliphatic carbocycles. The Bertz CT molecular complexity index is 719. The summed E-state index contributed by atoms with van der Waals surface area (Å²) >= 11 is 5.94. The monoisotopic (exact) mass is 281 g/mol. The Kier molecular flexibility index (Phi) is 2.54. The molecule has 2 aromatic rings. The second kappa shape index (κ2) is 4.39. The van der Waals surface area contributed by atoms with E-state index in [-0.39, 0.29) is 0 Å². The van der Waals surface area contributed by atoms with Crippen LogP contribution in [0.15, 0.2) is 65.4 Å². The Morgan fingerprint density at radius 1 is 1.00 bits per heavy atom. The highest BCUT2D eigenvalue weighted by atomic mass is 35.5. The van der Waals surface area contributed by atoms with Crippen LogP contribution in [-0.4, -0.2) is 12.9 Å². The Labute approximate surface area is 122 Å². The minimum Gasteiger partial charge on any atom is -0.327 e. The number of nitrogens with zero attached hydrogens (tertiary/aromatic N) is 3. The van der Waals surface area contributed by atoms with Gasteiger partial charge in [-0.05, 0) is 36.4 Å². The molecule has 0 bridgehead atoms. The van der Waals surface area contributed by atoms with Crippen molar-refractivity contribution in [1.29, 1.82) is 0 Å². The number of hydrogen-bond acceptors (Lipinski definition) is 3. The number of fused-ring (bicyclic) bond motifs is 3. The topological polar surface area (TPSA) is 18.8 Å². The quantitative estimate of drug-likeness (QED) is 0.781. The average Bonchev–Trinajstić information content (AvgIpc) is 2.92. The predicted molar refractivity (Wildman–Crippen MR) is 84.0 cm³/mol. The fourth-order valence-corrected chi connectivity index (χ4v) is 2.67. The molecule has 0 fully saturated rings. The SMILES string of the molecule is Clc1ccc(N2C=C3C=Nc4ccccc4N3C2)cc1. The molecular formula is C16H12ClN3. The van der Waals surface area contributed by atoms with Gasteiger partial charge in [-0.1, -0.05) is 23.7 Å². The molecule has 0 unspecified atom stereocenters. The number of halogens is 1. The molecule has 0 saturated carbocycles. The van der Waals surface area contributed by atoms with Gasteiger partial charge in [0.25, 0.3) is 0 Å². The van der Waals surface area contributed by atoms with Gasteiger partial charge < -0.3 is 9.80 Å². The molecule has 0 N–H and O–H groups in total. The fourth-order valence-electron chi connectivity index (χ4n) is 2.55. The van der Waals surface area contributed by atoms with Crippen molar-refractivity contribution in [2.45, 2.75) is 0 Å². The van der Waals surface area contributed by atoms with Crippen LogP contribution >= 0.6 is 11.6 Å². The Hall–Kier alpha value is -2.26. The largest absolute Gasteiger partial charge is 0.327 e. The smallest absolute Gasteiger partial charge is 0.0996 e. The van der Waals surface area contributed by atoms with Crippen molar-refractivity contribution in [3.8, 4) is 0 Å². The number of anilines is 2. The third-order valence-corrected chi connectivity index (χ3v) is 3.81. The molecule has 2 aromatic carbocycles. The van der Waals surface area contributed by atoms with Gasteiger partial charge in [-0.15, -0.1) is 0 Å². The van der Waals surface area contributed by atoms with Gasteiger partial charge in [0, 0.05) is 16.9 Å². The summed E-state index contributed by atoms with van der Waals surface area (Å²) in [6.07, 6.45) is 4.03. The zero-order valence-corrected chi connectivity index (χ0v) is 11.5. The second-order valence-electron chi connectivity index (χ2n) is 4.82. The molecule has 3 nitrogen and oxygen atoms in total. The van der Waals surface area contributed by atoms with Gasteiger partial charge in [0.05, 0.1) is 30.0 Å². The van der Waals surface area contributed by atoms with Gasteiger partial charge in [-0.3, -0.25) is 4.99 Å². The fraction of sp³-hybridized carbons (Fsp3) is 0.0625. The van der Waals surface area contributed by atoms with E-state index in [1.54, 1.807) is 0 Å². The lowest BCUT2D eigenvalue weighted by atomic mass is 10.2. The van der Waals surface area contributed by atoms with Crippen molar-refractivity contribution in [3.05, 3.63) is 65.5 Å². The van der Waals surface area contributed by atoms with Gasteiger partial charge in [0.1, 0.15) is 0 Å². The van der Waals surface area contributed by atoms with Gasteiger partial charge in [0.15, 0.2) is 0 Å². The van der Waals surface area contributed by atoms with Crippen molar-refractivity contribution in [1.82, 2.24) is 0 Å². The van der Waals surface area contributed by atoms with E-state index in [0.717, 1.165) is 34.5 Å². The van der Waals surface area contributed by atoms with Crippen molar-refractivity contribution >= 4 is 34.9 Å². The van der Waals surface area contributed by atoms with E-state index in [2.05, 4.69) is 27.1 Å². The molecule has 2 heterocycles. The van der Waals surface area contributed by atoms with Crippen molar-refractivity contribution in [3.63, 3.8) is 0 Å². The molecule has 2 aliphatic heterocycles. The maximum Gasteiger partial charge on any atom is 0.0996 e. The van der Waals surface area contributed by atoms with Crippen molar-refractivity contribution in [2.75, 3.05) is 16.5 Å². The zero-order chi connectivity index (χ0) is 13.5. The van der Waals surface area contributed by atoms with E-state index >= 15 is 0 Å². The number of rotatable bonds is 1. The van der Waals surface area contributed by atoms with Crippen LogP contribution in [-0.2, 0) is 0 Å². The summed E-state index contributed by atoms with van der Waals surface area (Å²) in [6, 6.07) is 16.1. The summed E-state index contributed by atoms with van der Waals surface area (Å²) in [5.74, 6) is 0. The Balaban J connectivity index is 1.70. The molecule has 2 aliphatic rings. The highest BCUT2D eigenvalue weighted by Gasteiger charge is 2.26. The van der Waals surface area contributed by atoms with E-state index in [4.69, 9.17) is 11.6 Å². The Morgan fingerprint density at radius 2 is 1.80 bits per heavy atom. The van der Waals surface area contributed by atoms with Crippen LogP contribution in [0.3, 0.4) is 0 Å². The summed E-state index contributed by atoms with van der Waals surface area (Å²) < 4.78 is 0. The summed E-state index contributed by atoms with van der Waals surface area (Å²) in [5, 5.41) is 0.755. The van der Waals surface area contributed by atoms with E-state index < -0.39 is 0 Å². The van der Waals surface area contributed by atoms with Crippen LogP contribution in [0, 0.1) is 0 Å². The molecule has 0 saturated heterocycles.